The molecular formula is C24H23N3O2. The van der Waals surface area contributed by atoms with Gasteiger partial charge in [-0.05, 0) is 54.1 Å². The van der Waals surface area contributed by atoms with Gasteiger partial charge < -0.3 is 10.1 Å². The Labute approximate surface area is 171 Å². The standard InChI is InChI=1S/C24H23N3O2/c1-27(17-24(28)26-21-11-13-22(29-2)14-12-21)16-18-7-9-19(10-8-18)23-6-4-3-5-20(23)15-25/h3-14H,16-17H2,1-2H3,(H,26,28). The van der Waals surface area contributed by atoms with E-state index < -0.39 is 0 Å². The third-order valence-corrected chi connectivity index (χ3v) is 4.55. The van der Waals surface area contributed by atoms with E-state index in [0.717, 1.165) is 28.1 Å². The van der Waals surface area contributed by atoms with Crippen LogP contribution in [0.2, 0.25) is 0 Å². The van der Waals surface area contributed by atoms with Gasteiger partial charge in [-0.2, -0.15) is 5.26 Å². The predicted molar refractivity (Wildman–Crippen MR) is 115 cm³/mol. The highest BCUT2D eigenvalue weighted by molar-refractivity contribution is 5.92. The fraction of sp³-hybridized carbons (Fsp3) is 0.167. The van der Waals surface area contributed by atoms with Crippen LogP contribution in [-0.4, -0.2) is 31.5 Å². The molecule has 0 atom stereocenters. The number of hydrogen-bond donors (Lipinski definition) is 1. The van der Waals surface area contributed by atoms with Crippen molar-refractivity contribution in [3.8, 4) is 22.9 Å². The van der Waals surface area contributed by atoms with Gasteiger partial charge in [-0.1, -0.05) is 42.5 Å². The maximum Gasteiger partial charge on any atom is 0.238 e. The molecule has 1 N–H and O–H groups in total. The summed E-state index contributed by atoms with van der Waals surface area (Å²) in [6, 6.07) is 25.1. The summed E-state index contributed by atoms with van der Waals surface area (Å²) < 4.78 is 5.12. The van der Waals surface area contributed by atoms with Gasteiger partial charge in [0.15, 0.2) is 0 Å². The highest BCUT2D eigenvalue weighted by Gasteiger charge is 2.09. The van der Waals surface area contributed by atoms with E-state index in [0.29, 0.717) is 12.1 Å². The van der Waals surface area contributed by atoms with Gasteiger partial charge in [0.05, 0.1) is 25.3 Å². The molecule has 0 aliphatic heterocycles. The lowest BCUT2D eigenvalue weighted by atomic mass is 9.99. The van der Waals surface area contributed by atoms with Crippen molar-refractivity contribution in [1.29, 1.82) is 5.26 Å². The zero-order valence-electron chi connectivity index (χ0n) is 16.6. The minimum absolute atomic E-state index is 0.0720. The molecule has 5 nitrogen and oxygen atoms in total. The molecule has 3 aromatic carbocycles. The zero-order valence-corrected chi connectivity index (χ0v) is 16.6. The van der Waals surface area contributed by atoms with Crippen LogP contribution in [0, 0.1) is 11.3 Å². The number of likely N-dealkylation sites (N-methyl/N-ethyl adjacent to an activating group) is 1. The minimum atomic E-state index is -0.0720. The van der Waals surface area contributed by atoms with Crippen LogP contribution in [0.3, 0.4) is 0 Å². The summed E-state index contributed by atoms with van der Waals surface area (Å²) in [5, 5.41) is 12.2. The van der Waals surface area contributed by atoms with Crippen molar-refractivity contribution in [3.63, 3.8) is 0 Å². The fourth-order valence-corrected chi connectivity index (χ4v) is 3.11. The lowest BCUT2D eigenvalue weighted by Crippen LogP contribution is -2.29. The average Bonchev–Trinajstić information content (AvgIpc) is 2.74. The molecule has 146 valence electrons. The Kier molecular flexibility index (Phi) is 6.62. The van der Waals surface area contributed by atoms with E-state index in [-0.39, 0.29) is 12.5 Å². The highest BCUT2D eigenvalue weighted by atomic mass is 16.5. The molecule has 3 rings (SSSR count). The van der Waals surface area contributed by atoms with Gasteiger partial charge in [-0.25, -0.2) is 0 Å². The molecule has 0 aliphatic carbocycles. The molecule has 3 aromatic rings. The number of nitrogens with one attached hydrogen (secondary N) is 1. The Balaban J connectivity index is 1.56. The Morgan fingerprint density at radius 2 is 1.72 bits per heavy atom. The number of ether oxygens (including phenoxy) is 1. The number of anilines is 1. The maximum absolute atomic E-state index is 12.3. The maximum atomic E-state index is 12.3. The molecule has 0 saturated carbocycles. The number of methoxy groups -OCH3 is 1. The van der Waals surface area contributed by atoms with Crippen molar-refractivity contribution in [1.82, 2.24) is 4.90 Å². The molecule has 0 bridgehead atoms. The van der Waals surface area contributed by atoms with E-state index in [1.165, 1.54) is 0 Å². The van der Waals surface area contributed by atoms with Crippen molar-refractivity contribution in [2.24, 2.45) is 0 Å². The summed E-state index contributed by atoms with van der Waals surface area (Å²) in [7, 11) is 3.52. The van der Waals surface area contributed by atoms with E-state index in [9.17, 15) is 10.1 Å². The van der Waals surface area contributed by atoms with Crippen molar-refractivity contribution < 1.29 is 9.53 Å². The first-order valence-electron chi connectivity index (χ1n) is 9.30. The van der Waals surface area contributed by atoms with Crippen LogP contribution in [0.4, 0.5) is 5.69 Å². The van der Waals surface area contributed by atoms with Gasteiger partial charge in [-0.15, -0.1) is 0 Å². The number of carbonyl (C=O) groups excluding carboxylic acids is 1. The number of carbonyl (C=O) groups is 1. The van der Waals surface area contributed by atoms with Crippen molar-refractivity contribution in [3.05, 3.63) is 83.9 Å². The third kappa shape index (κ3) is 5.44. The van der Waals surface area contributed by atoms with Gasteiger partial charge in [0.1, 0.15) is 5.75 Å². The lowest BCUT2D eigenvalue weighted by molar-refractivity contribution is -0.117. The van der Waals surface area contributed by atoms with Gasteiger partial charge in [0.2, 0.25) is 5.91 Å². The Hall–Kier alpha value is -3.62. The molecule has 0 spiro atoms. The first-order valence-corrected chi connectivity index (χ1v) is 9.30. The molecule has 5 heteroatoms. The molecule has 0 fully saturated rings. The average molecular weight is 385 g/mol. The number of benzene rings is 3. The highest BCUT2D eigenvalue weighted by Crippen LogP contribution is 2.23. The number of nitriles is 1. The molecule has 1 amide bonds. The molecule has 0 aromatic heterocycles. The van der Waals surface area contributed by atoms with Gasteiger partial charge in [0, 0.05) is 12.2 Å². The predicted octanol–water partition coefficient (Wildman–Crippen LogP) is 4.30. The number of amides is 1. The normalized spacial score (nSPS) is 10.4. The molecule has 0 saturated heterocycles. The zero-order chi connectivity index (χ0) is 20.6. The quantitative estimate of drug-likeness (QED) is 0.658. The lowest BCUT2D eigenvalue weighted by Gasteiger charge is -2.17. The van der Waals surface area contributed by atoms with Crippen LogP contribution in [0.5, 0.6) is 5.75 Å². The third-order valence-electron chi connectivity index (χ3n) is 4.55. The first-order chi connectivity index (χ1) is 14.1. The fourth-order valence-electron chi connectivity index (χ4n) is 3.11. The minimum Gasteiger partial charge on any atom is -0.497 e. The summed E-state index contributed by atoms with van der Waals surface area (Å²) in [6.07, 6.45) is 0. The van der Waals surface area contributed by atoms with E-state index in [1.807, 2.05) is 84.7 Å². The Morgan fingerprint density at radius 3 is 2.38 bits per heavy atom. The van der Waals surface area contributed by atoms with Crippen LogP contribution < -0.4 is 10.1 Å². The Morgan fingerprint density at radius 1 is 1.03 bits per heavy atom. The summed E-state index contributed by atoms with van der Waals surface area (Å²) >= 11 is 0. The second kappa shape index (κ2) is 9.54. The molecule has 0 aliphatic rings. The second-order valence-corrected chi connectivity index (χ2v) is 6.80. The monoisotopic (exact) mass is 385 g/mol. The Bertz CT molecular complexity index is 1010. The first kappa shape index (κ1) is 20.1. The van der Waals surface area contributed by atoms with Crippen LogP contribution >= 0.6 is 0 Å². The van der Waals surface area contributed by atoms with Gasteiger partial charge >= 0.3 is 0 Å². The van der Waals surface area contributed by atoms with E-state index in [1.54, 1.807) is 7.11 Å². The van der Waals surface area contributed by atoms with Crippen molar-refractivity contribution >= 4 is 11.6 Å². The van der Waals surface area contributed by atoms with E-state index >= 15 is 0 Å². The van der Waals surface area contributed by atoms with Crippen LogP contribution in [0.15, 0.2) is 72.8 Å². The number of nitrogens with zero attached hydrogens (tertiary/aromatic N) is 2. The molecule has 29 heavy (non-hydrogen) atoms. The largest absolute Gasteiger partial charge is 0.497 e. The number of rotatable bonds is 7. The van der Waals surface area contributed by atoms with E-state index in [2.05, 4.69) is 11.4 Å². The molecule has 0 heterocycles. The summed E-state index contributed by atoms with van der Waals surface area (Å²) in [6.45, 7) is 0.932. The van der Waals surface area contributed by atoms with Crippen LogP contribution in [-0.2, 0) is 11.3 Å². The molecular weight excluding hydrogens is 362 g/mol. The molecule has 0 unspecified atom stereocenters. The summed E-state index contributed by atoms with van der Waals surface area (Å²) in [4.78, 5) is 14.2. The van der Waals surface area contributed by atoms with Crippen LogP contribution in [0.25, 0.3) is 11.1 Å². The van der Waals surface area contributed by atoms with E-state index in [4.69, 9.17) is 4.74 Å². The van der Waals surface area contributed by atoms with Crippen LogP contribution in [0.1, 0.15) is 11.1 Å². The van der Waals surface area contributed by atoms with Gasteiger partial charge in [-0.3, -0.25) is 9.69 Å². The van der Waals surface area contributed by atoms with Crippen molar-refractivity contribution in [2.45, 2.75) is 6.54 Å². The number of hydrogen-bond acceptors (Lipinski definition) is 4. The topological polar surface area (TPSA) is 65.4 Å². The summed E-state index contributed by atoms with van der Waals surface area (Å²) in [5.74, 6) is 0.679. The SMILES string of the molecule is COc1ccc(NC(=O)CN(C)Cc2ccc(-c3ccccc3C#N)cc2)cc1. The molecule has 0 radical (unpaired) electrons. The smallest absolute Gasteiger partial charge is 0.238 e. The van der Waals surface area contributed by atoms with Gasteiger partial charge in [0.25, 0.3) is 0 Å². The second-order valence-electron chi connectivity index (χ2n) is 6.80. The summed E-state index contributed by atoms with van der Waals surface area (Å²) in [5.41, 5.74) is 4.43. The van der Waals surface area contributed by atoms with Crippen molar-refractivity contribution in [2.75, 3.05) is 26.0 Å².